The van der Waals surface area contributed by atoms with Crippen LogP contribution in [0.2, 0.25) is 0 Å². The number of carbonyl (C=O) groups excluding carboxylic acids is 1. The third kappa shape index (κ3) is 4.69. The number of nitrogens with zero attached hydrogens (tertiary/aromatic N) is 4. The zero-order chi connectivity index (χ0) is 22.7. The van der Waals surface area contributed by atoms with E-state index in [2.05, 4.69) is 9.88 Å². The Bertz CT molecular complexity index is 1170. The van der Waals surface area contributed by atoms with Gasteiger partial charge in [-0.1, -0.05) is 19.1 Å². The Balaban J connectivity index is 1.52. The molecule has 0 bridgehead atoms. The van der Waals surface area contributed by atoms with Gasteiger partial charge in [-0.25, -0.2) is 13.8 Å². The molecule has 6 nitrogen and oxygen atoms in total. The van der Waals surface area contributed by atoms with Crippen molar-refractivity contribution in [1.82, 2.24) is 14.5 Å². The molecule has 1 amide bonds. The van der Waals surface area contributed by atoms with E-state index in [0.29, 0.717) is 43.9 Å². The third-order valence-electron chi connectivity index (χ3n) is 5.62. The number of hydrogen-bond acceptors (Lipinski definition) is 4. The van der Waals surface area contributed by atoms with Gasteiger partial charge in [-0.3, -0.25) is 14.2 Å². The number of piperazine rings is 1. The highest BCUT2D eigenvalue weighted by Crippen LogP contribution is 2.19. The van der Waals surface area contributed by atoms with Crippen LogP contribution in [0.5, 0.6) is 0 Å². The summed E-state index contributed by atoms with van der Waals surface area (Å²) in [7, 11) is 0. The summed E-state index contributed by atoms with van der Waals surface area (Å²) < 4.78 is 28.3. The summed E-state index contributed by atoms with van der Waals surface area (Å²) in [6.07, 6.45) is 0.553. The van der Waals surface area contributed by atoms with Crippen LogP contribution < -0.4 is 10.5 Å². The summed E-state index contributed by atoms with van der Waals surface area (Å²) in [6.45, 7) is 3.90. The predicted octanol–water partition coefficient (Wildman–Crippen LogP) is 3.10. The molecular formula is C24H24F2N4O2. The summed E-state index contributed by atoms with van der Waals surface area (Å²) >= 11 is 0. The lowest BCUT2D eigenvalue weighted by Gasteiger charge is -2.36. The van der Waals surface area contributed by atoms with Gasteiger partial charge >= 0.3 is 0 Å². The van der Waals surface area contributed by atoms with Gasteiger partial charge in [0.15, 0.2) is 0 Å². The zero-order valence-corrected chi connectivity index (χ0v) is 17.8. The van der Waals surface area contributed by atoms with Gasteiger partial charge in [-0.05, 0) is 42.8 Å². The molecule has 3 aromatic rings. The Morgan fingerprint density at radius 2 is 1.69 bits per heavy atom. The molecule has 1 fully saturated rings. The molecule has 1 aromatic heterocycles. The SMILES string of the molecule is CCc1cc(=O)n(CC(=O)N2CCN(c3ccc(F)cc3)CC2)c(-c2cccc(F)c2)n1. The van der Waals surface area contributed by atoms with Gasteiger partial charge in [0.2, 0.25) is 5.91 Å². The smallest absolute Gasteiger partial charge is 0.254 e. The number of aromatic nitrogens is 2. The minimum atomic E-state index is -0.437. The predicted molar refractivity (Wildman–Crippen MR) is 118 cm³/mol. The second-order valence-corrected chi connectivity index (χ2v) is 7.70. The molecule has 2 heterocycles. The van der Waals surface area contributed by atoms with Crippen molar-refractivity contribution in [2.24, 2.45) is 0 Å². The van der Waals surface area contributed by atoms with Crippen molar-refractivity contribution in [3.8, 4) is 11.4 Å². The standard InChI is InChI=1S/C24H24F2N4O2/c1-2-20-15-22(31)30(24(27-20)17-4-3-5-19(26)14-17)16-23(32)29-12-10-28(11-13-29)21-8-6-18(25)7-9-21/h3-9,14-15H,2,10-13,16H2,1H3. The van der Waals surface area contributed by atoms with Gasteiger partial charge in [0.1, 0.15) is 24.0 Å². The van der Waals surface area contributed by atoms with Gasteiger partial charge in [-0.15, -0.1) is 0 Å². The Morgan fingerprint density at radius 1 is 0.969 bits per heavy atom. The first-order chi connectivity index (χ1) is 15.4. The minimum Gasteiger partial charge on any atom is -0.368 e. The summed E-state index contributed by atoms with van der Waals surface area (Å²) in [5.74, 6) is -0.639. The van der Waals surface area contributed by atoms with Crippen molar-refractivity contribution in [3.63, 3.8) is 0 Å². The molecule has 32 heavy (non-hydrogen) atoms. The highest BCUT2D eigenvalue weighted by molar-refractivity contribution is 5.77. The van der Waals surface area contributed by atoms with Gasteiger partial charge in [0, 0.05) is 49.2 Å². The van der Waals surface area contributed by atoms with E-state index in [0.717, 1.165) is 5.69 Å². The maximum absolute atomic E-state index is 13.8. The number of halogens is 2. The molecule has 1 saturated heterocycles. The van der Waals surface area contributed by atoms with Crippen molar-refractivity contribution in [2.75, 3.05) is 31.1 Å². The Kier molecular flexibility index (Phi) is 6.30. The van der Waals surface area contributed by atoms with Crippen LogP contribution >= 0.6 is 0 Å². The van der Waals surface area contributed by atoms with Crippen LogP contribution in [0.25, 0.3) is 11.4 Å². The second kappa shape index (κ2) is 9.30. The highest BCUT2D eigenvalue weighted by atomic mass is 19.1. The fourth-order valence-corrected chi connectivity index (χ4v) is 3.84. The number of hydrogen-bond donors (Lipinski definition) is 0. The summed E-state index contributed by atoms with van der Waals surface area (Å²) in [6, 6.07) is 13.5. The zero-order valence-electron chi connectivity index (χ0n) is 17.8. The molecule has 2 aromatic carbocycles. The normalized spacial score (nSPS) is 14.0. The quantitative estimate of drug-likeness (QED) is 0.614. The molecule has 0 radical (unpaired) electrons. The lowest BCUT2D eigenvalue weighted by Crippen LogP contribution is -2.50. The topological polar surface area (TPSA) is 58.4 Å². The molecule has 1 aliphatic heterocycles. The van der Waals surface area contributed by atoms with Crippen molar-refractivity contribution in [3.05, 3.63) is 82.3 Å². The number of amides is 1. The number of benzene rings is 2. The fraction of sp³-hybridized carbons (Fsp3) is 0.292. The molecule has 8 heteroatoms. The van der Waals surface area contributed by atoms with Crippen LogP contribution in [0.4, 0.5) is 14.5 Å². The molecule has 0 N–H and O–H groups in total. The molecule has 0 aliphatic carbocycles. The molecule has 0 unspecified atom stereocenters. The number of carbonyl (C=O) groups is 1. The molecule has 4 rings (SSSR count). The van der Waals surface area contributed by atoms with E-state index in [1.165, 1.54) is 34.9 Å². The Hall–Kier alpha value is -3.55. The second-order valence-electron chi connectivity index (χ2n) is 7.70. The first kappa shape index (κ1) is 21.7. The molecule has 0 atom stereocenters. The van der Waals surface area contributed by atoms with Crippen LogP contribution in [-0.2, 0) is 17.8 Å². The van der Waals surface area contributed by atoms with E-state index < -0.39 is 5.82 Å². The Labute approximate surface area is 184 Å². The van der Waals surface area contributed by atoms with Gasteiger partial charge in [0.25, 0.3) is 5.56 Å². The van der Waals surface area contributed by atoms with E-state index in [-0.39, 0.29) is 29.7 Å². The molecule has 0 saturated carbocycles. The van der Waals surface area contributed by atoms with E-state index in [1.807, 2.05) is 6.92 Å². The first-order valence-electron chi connectivity index (χ1n) is 10.6. The summed E-state index contributed by atoms with van der Waals surface area (Å²) in [5.41, 5.74) is 1.61. The van der Waals surface area contributed by atoms with Crippen LogP contribution in [0.15, 0.2) is 59.4 Å². The van der Waals surface area contributed by atoms with Crippen molar-refractivity contribution < 1.29 is 13.6 Å². The Morgan fingerprint density at radius 3 is 2.34 bits per heavy atom. The van der Waals surface area contributed by atoms with Crippen LogP contribution in [-0.4, -0.2) is 46.5 Å². The molecular weight excluding hydrogens is 414 g/mol. The van der Waals surface area contributed by atoms with Gasteiger partial charge in [0.05, 0.1) is 0 Å². The van der Waals surface area contributed by atoms with E-state index in [4.69, 9.17) is 0 Å². The first-order valence-corrected chi connectivity index (χ1v) is 10.6. The maximum Gasteiger partial charge on any atom is 0.254 e. The summed E-state index contributed by atoms with van der Waals surface area (Å²) in [4.78, 5) is 34.1. The van der Waals surface area contributed by atoms with Gasteiger partial charge < -0.3 is 9.80 Å². The minimum absolute atomic E-state index is 0.168. The van der Waals surface area contributed by atoms with Crippen LogP contribution in [0.3, 0.4) is 0 Å². The average molecular weight is 438 g/mol. The molecule has 0 spiro atoms. The van der Waals surface area contributed by atoms with Crippen molar-refractivity contribution >= 4 is 11.6 Å². The number of anilines is 1. The molecule has 1 aliphatic rings. The third-order valence-corrected chi connectivity index (χ3v) is 5.62. The van der Waals surface area contributed by atoms with E-state index in [1.54, 1.807) is 29.2 Å². The van der Waals surface area contributed by atoms with Crippen LogP contribution in [0, 0.1) is 11.6 Å². The van der Waals surface area contributed by atoms with E-state index >= 15 is 0 Å². The number of rotatable bonds is 5. The van der Waals surface area contributed by atoms with Crippen molar-refractivity contribution in [2.45, 2.75) is 19.9 Å². The number of aryl methyl sites for hydroxylation is 1. The lowest BCUT2D eigenvalue weighted by molar-refractivity contribution is -0.132. The molecule has 166 valence electrons. The fourth-order valence-electron chi connectivity index (χ4n) is 3.84. The highest BCUT2D eigenvalue weighted by Gasteiger charge is 2.23. The van der Waals surface area contributed by atoms with Crippen molar-refractivity contribution in [1.29, 1.82) is 0 Å². The van der Waals surface area contributed by atoms with E-state index in [9.17, 15) is 18.4 Å². The maximum atomic E-state index is 13.8. The lowest BCUT2D eigenvalue weighted by atomic mass is 10.2. The van der Waals surface area contributed by atoms with Gasteiger partial charge in [-0.2, -0.15) is 0 Å². The largest absolute Gasteiger partial charge is 0.368 e. The average Bonchev–Trinajstić information content (AvgIpc) is 2.80. The van der Waals surface area contributed by atoms with Crippen LogP contribution in [0.1, 0.15) is 12.6 Å². The monoisotopic (exact) mass is 438 g/mol. The summed E-state index contributed by atoms with van der Waals surface area (Å²) in [5, 5.41) is 0.